The highest BCUT2D eigenvalue weighted by molar-refractivity contribution is 5.53. The largest absolute Gasteiger partial charge is 0.364 e. The molecule has 0 radical (unpaired) electrons. The molecule has 0 fully saturated rings. The van der Waals surface area contributed by atoms with Crippen molar-refractivity contribution in [2.24, 2.45) is 0 Å². The van der Waals surface area contributed by atoms with Gasteiger partial charge in [-0.25, -0.2) is 28.1 Å². The summed E-state index contributed by atoms with van der Waals surface area (Å²) in [4.78, 5) is 19.6. The Morgan fingerprint density at radius 2 is 2.07 bits per heavy atom. The van der Waals surface area contributed by atoms with Crippen LogP contribution in [0.4, 0.5) is 24.8 Å². The molecule has 0 amide bonds. The lowest BCUT2D eigenvalue weighted by Crippen LogP contribution is -2.35. The van der Waals surface area contributed by atoms with Crippen molar-refractivity contribution in [1.29, 1.82) is 0 Å². The Labute approximate surface area is 165 Å². The van der Waals surface area contributed by atoms with Gasteiger partial charge in [0.05, 0.1) is 18.3 Å². The Bertz CT molecular complexity index is 999. The zero-order valence-corrected chi connectivity index (χ0v) is 15.7. The average Bonchev–Trinajstić information content (AvgIpc) is 2.72. The van der Waals surface area contributed by atoms with Crippen molar-refractivity contribution >= 4 is 11.6 Å². The van der Waals surface area contributed by atoms with Crippen LogP contribution >= 0.6 is 0 Å². The number of nitrogens with zero attached hydrogens (tertiary/aromatic N) is 5. The van der Waals surface area contributed by atoms with Gasteiger partial charge in [-0.3, -0.25) is 4.98 Å². The van der Waals surface area contributed by atoms with E-state index < -0.39 is 18.8 Å². The van der Waals surface area contributed by atoms with Crippen molar-refractivity contribution in [3.63, 3.8) is 0 Å². The van der Waals surface area contributed by atoms with Crippen LogP contribution in [0.2, 0.25) is 0 Å². The molecule has 1 aliphatic rings. The van der Waals surface area contributed by atoms with E-state index in [1.54, 1.807) is 12.4 Å². The van der Waals surface area contributed by atoms with E-state index in [4.69, 9.17) is 0 Å². The second-order valence-corrected chi connectivity index (χ2v) is 6.73. The molecule has 1 unspecified atom stereocenters. The van der Waals surface area contributed by atoms with E-state index in [-0.39, 0.29) is 11.9 Å². The molecule has 9 heteroatoms. The molecule has 0 aromatic carbocycles. The molecule has 6 nitrogen and oxygen atoms in total. The fourth-order valence-electron chi connectivity index (χ4n) is 3.40. The molecule has 0 bridgehead atoms. The summed E-state index contributed by atoms with van der Waals surface area (Å²) < 4.78 is 38.9. The van der Waals surface area contributed by atoms with Gasteiger partial charge < -0.3 is 10.2 Å². The smallest absolute Gasteiger partial charge is 0.255 e. The van der Waals surface area contributed by atoms with Crippen molar-refractivity contribution in [2.45, 2.75) is 25.8 Å². The van der Waals surface area contributed by atoms with E-state index in [0.717, 1.165) is 17.3 Å². The molecular weight excluding hydrogens is 381 g/mol. The molecule has 4 rings (SSSR count). The SMILES string of the molecule is CC1c2cnc(-c3ccccn3)nc2CCN1c1cc(F)cc(NCC(F)F)n1. The van der Waals surface area contributed by atoms with Crippen LogP contribution in [0.15, 0.2) is 42.7 Å². The third-order valence-electron chi connectivity index (χ3n) is 4.81. The van der Waals surface area contributed by atoms with Gasteiger partial charge in [-0.2, -0.15) is 0 Å². The van der Waals surface area contributed by atoms with E-state index in [1.165, 1.54) is 6.07 Å². The molecule has 0 saturated heterocycles. The highest BCUT2D eigenvalue weighted by Crippen LogP contribution is 2.33. The highest BCUT2D eigenvalue weighted by Gasteiger charge is 2.27. The standard InChI is InChI=1S/C20H19F3N6/c1-12-14-10-26-20(16-4-2-3-6-24-16)27-15(14)5-7-29(12)19-9-13(21)8-18(28-19)25-11-17(22)23/h2-4,6,8-10,12,17H,5,7,11H2,1H3,(H,25,28). The topological polar surface area (TPSA) is 66.8 Å². The lowest BCUT2D eigenvalue weighted by atomic mass is 9.99. The Hall–Kier alpha value is -3.23. The van der Waals surface area contributed by atoms with Gasteiger partial charge >= 0.3 is 0 Å². The molecule has 1 aliphatic heterocycles. The fourth-order valence-corrected chi connectivity index (χ4v) is 3.40. The van der Waals surface area contributed by atoms with Gasteiger partial charge in [-0.05, 0) is 19.1 Å². The van der Waals surface area contributed by atoms with Gasteiger partial charge in [0.15, 0.2) is 5.82 Å². The number of hydrogen-bond acceptors (Lipinski definition) is 6. The number of rotatable bonds is 5. The molecule has 1 atom stereocenters. The van der Waals surface area contributed by atoms with Crippen molar-refractivity contribution in [1.82, 2.24) is 19.9 Å². The fraction of sp³-hybridized carbons (Fsp3) is 0.300. The molecule has 0 aliphatic carbocycles. The highest BCUT2D eigenvalue weighted by atomic mass is 19.3. The van der Waals surface area contributed by atoms with Crippen LogP contribution in [0.3, 0.4) is 0 Å². The first-order valence-corrected chi connectivity index (χ1v) is 9.24. The summed E-state index contributed by atoms with van der Waals surface area (Å²) in [6.07, 6.45) is 1.53. The lowest BCUT2D eigenvalue weighted by molar-refractivity contribution is 0.163. The third kappa shape index (κ3) is 4.13. The van der Waals surface area contributed by atoms with Gasteiger partial charge in [0.1, 0.15) is 23.1 Å². The number of pyridine rings is 2. The molecular formula is C20H19F3N6. The Kier molecular flexibility index (Phi) is 5.28. The summed E-state index contributed by atoms with van der Waals surface area (Å²) in [5.74, 6) is 0.493. The number of nitrogens with one attached hydrogen (secondary N) is 1. The summed E-state index contributed by atoms with van der Waals surface area (Å²) in [7, 11) is 0. The molecule has 4 heterocycles. The summed E-state index contributed by atoms with van der Waals surface area (Å²) in [6.45, 7) is 1.94. The summed E-state index contributed by atoms with van der Waals surface area (Å²) >= 11 is 0. The molecule has 29 heavy (non-hydrogen) atoms. The number of hydrogen-bond donors (Lipinski definition) is 1. The van der Waals surface area contributed by atoms with Crippen molar-refractivity contribution in [3.8, 4) is 11.5 Å². The molecule has 0 saturated carbocycles. The second kappa shape index (κ2) is 8.02. The van der Waals surface area contributed by atoms with Crippen LogP contribution < -0.4 is 10.2 Å². The zero-order valence-electron chi connectivity index (χ0n) is 15.7. The zero-order chi connectivity index (χ0) is 20.4. The molecule has 150 valence electrons. The Morgan fingerprint density at radius 1 is 1.21 bits per heavy atom. The molecule has 0 spiro atoms. The van der Waals surface area contributed by atoms with Gasteiger partial charge in [-0.1, -0.05) is 6.07 Å². The Morgan fingerprint density at radius 3 is 2.83 bits per heavy atom. The van der Waals surface area contributed by atoms with Crippen molar-refractivity contribution in [3.05, 3.63) is 59.8 Å². The summed E-state index contributed by atoms with van der Waals surface area (Å²) in [6, 6.07) is 7.83. The number of halogens is 3. The normalized spacial score (nSPS) is 16.0. The monoisotopic (exact) mass is 400 g/mol. The number of fused-ring (bicyclic) bond motifs is 1. The average molecular weight is 400 g/mol. The van der Waals surface area contributed by atoms with E-state index in [0.29, 0.717) is 30.3 Å². The van der Waals surface area contributed by atoms with Gasteiger partial charge in [-0.15, -0.1) is 0 Å². The molecule has 1 N–H and O–H groups in total. The lowest BCUT2D eigenvalue weighted by Gasteiger charge is -2.35. The first-order chi connectivity index (χ1) is 14.0. The maximum Gasteiger partial charge on any atom is 0.255 e. The first kappa shape index (κ1) is 19.1. The maximum atomic E-state index is 14.0. The van der Waals surface area contributed by atoms with Gasteiger partial charge in [0, 0.05) is 43.1 Å². The number of aromatic nitrogens is 4. The van der Waals surface area contributed by atoms with Crippen LogP contribution in [-0.2, 0) is 6.42 Å². The van der Waals surface area contributed by atoms with Crippen LogP contribution in [0.1, 0.15) is 24.2 Å². The minimum atomic E-state index is -2.55. The predicted molar refractivity (Wildman–Crippen MR) is 103 cm³/mol. The summed E-state index contributed by atoms with van der Waals surface area (Å²) in [5.41, 5.74) is 2.54. The minimum absolute atomic E-state index is 0.0834. The van der Waals surface area contributed by atoms with Gasteiger partial charge in [0.25, 0.3) is 6.43 Å². The van der Waals surface area contributed by atoms with E-state index >= 15 is 0 Å². The molecule has 3 aromatic heterocycles. The van der Waals surface area contributed by atoms with E-state index in [2.05, 4.69) is 25.3 Å². The first-order valence-electron chi connectivity index (χ1n) is 9.24. The summed E-state index contributed by atoms with van der Waals surface area (Å²) in [5, 5.41) is 2.46. The third-order valence-corrected chi connectivity index (χ3v) is 4.81. The van der Waals surface area contributed by atoms with Crippen LogP contribution in [0.5, 0.6) is 0 Å². The van der Waals surface area contributed by atoms with Crippen molar-refractivity contribution < 1.29 is 13.2 Å². The number of alkyl halides is 2. The number of anilines is 2. The van der Waals surface area contributed by atoms with Crippen LogP contribution in [-0.4, -0.2) is 39.5 Å². The van der Waals surface area contributed by atoms with Gasteiger partial charge in [0.2, 0.25) is 0 Å². The minimum Gasteiger partial charge on any atom is -0.364 e. The predicted octanol–water partition coefficient (Wildman–Crippen LogP) is 3.87. The maximum absolute atomic E-state index is 14.0. The van der Waals surface area contributed by atoms with Crippen LogP contribution in [0.25, 0.3) is 11.5 Å². The molecule has 3 aromatic rings. The van der Waals surface area contributed by atoms with Crippen LogP contribution in [0, 0.1) is 5.82 Å². The van der Waals surface area contributed by atoms with E-state index in [9.17, 15) is 13.2 Å². The second-order valence-electron chi connectivity index (χ2n) is 6.73. The quantitative estimate of drug-likeness (QED) is 0.701. The Balaban J connectivity index is 1.60. The van der Waals surface area contributed by atoms with E-state index in [1.807, 2.05) is 30.0 Å². The van der Waals surface area contributed by atoms with Crippen molar-refractivity contribution in [2.75, 3.05) is 23.3 Å².